The van der Waals surface area contributed by atoms with Crippen LogP contribution in [-0.2, 0) is 11.3 Å². The minimum absolute atomic E-state index is 0.0411. The van der Waals surface area contributed by atoms with Gasteiger partial charge in [-0.25, -0.2) is 0 Å². The summed E-state index contributed by atoms with van der Waals surface area (Å²) >= 11 is 1.46. The zero-order chi connectivity index (χ0) is 18.2. The fourth-order valence-electron chi connectivity index (χ4n) is 2.10. The van der Waals surface area contributed by atoms with E-state index in [4.69, 9.17) is 4.74 Å². The first-order valence-corrected chi connectivity index (χ1v) is 8.48. The van der Waals surface area contributed by atoms with Crippen molar-refractivity contribution in [3.8, 4) is 11.5 Å². The number of ether oxygens (including phenoxy) is 2. The second kappa shape index (κ2) is 9.27. The van der Waals surface area contributed by atoms with E-state index in [2.05, 4.69) is 10.1 Å². The standard InChI is InChI=1S/C18H19F2NO3S/c1-12(25-14-6-4-3-5-7-14)17(22)21-11-13-8-9-15(24-18(19)20)16(10-13)23-2/h3-10,12,18H,11H2,1-2H3,(H,21,22). The van der Waals surface area contributed by atoms with Crippen molar-refractivity contribution in [1.82, 2.24) is 5.32 Å². The summed E-state index contributed by atoms with van der Waals surface area (Å²) in [6.45, 7) is -0.827. The summed E-state index contributed by atoms with van der Waals surface area (Å²) in [6, 6.07) is 14.2. The van der Waals surface area contributed by atoms with E-state index in [1.165, 1.54) is 24.9 Å². The average Bonchev–Trinajstić information content (AvgIpc) is 2.60. The van der Waals surface area contributed by atoms with E-state index >= 15 is 0 Å². The number of hydrogen-bond acceptors (Lipinski definition) is 4. The quantitative estimate of drug-likeness (QED) is 0.714. The maximum Gasteiger partial charge on any atom is 0.387 e. The van der Waals surface area contributed by atoms with Crippen LogP contribution in [0.5, 0.6) is 11.5 Å². The molecular formula is C18H19F2NO3S. The fourth-order valence-corrected chi connectivity index (χ4v) is 3.02. The molecule has 2 aromatic rings. The molecule has 0 heterocycles. The molecule has 0 aliphatic rings. The lowest BCUT2D eigenvalue weighted by molar-refractivity contribution is -0.120. The van der Waals surface area contributed by atoms with Crippen LogP contribution in [0.15, 0.2) is 53.4 Å². The molecule has 25 heavy (non-hydrogen) atoms. The number of halogens is 2. The van der Waals surface area contributed by atoms with Gasteiger partial charge in [0, 0.05) is 11.4 Å². The number of methoxy groups -OCH3 is 1. The molecule has 0 fully saturated rings. The zero-order valence-corrected chi connectivity index (χ0v) is 14.7. The van der Waals surface area contributed by atoms with Gasteiger partial charge in [-0.15, -0.1) is 11.8 Å². The van der Waals surface area contributed by atoms with Crippen molar-refractivity contribution in [3.63, 3.8) is 0 Å². The molecule has 0 bridgehead atoms. The van der Waals surface area contributed by atoms with E-state index in [-0.39, 0.29) is 29.2 Å². The van der Waals surface area contributed by atoms with Gasteiger partial charge in [0.05, 0.1) is 12.4 Å². The Labute approximate surface area is 149 Å². The van der Waals surface area contributed by atoms with Crippen LogP contribution in [0.3, 0.4) is 0 Å². The van der Waals surface area contributed by atoms with E-state index in [0.29, 0.717) is 0 Å². The van der Waals surface area contributed by atoms with Gasteiger partial charge < -0.3 is 14.8 Å². The average molecular weight is 367 g/mol. The third kappa shape index (κ3) is 5.94. The van der Waals surface area contributed by atoms with E-state index < -0.39 is 6.61 Å². The summed E-state index contributed by atoms with van der Waals surface area (Å²) < 4.78 is 34.1. The topological polar surface area (TPSA) is 47.6 Å². The number of nitrogens with one attached hydrogen (secondary N) is 1. The van der Waals surface area contributed by atoms with E-state index in [0.717, 1.165) is 10.5 Å². The van der Waals surface area contributed by atoms with Gasteiger partial charge in [0.1, 0.15) is 0 Å². The number of carbonyl (C=O) groups is 1. The summed E-state index contributed by atoms with van der Waals surface area (Å²) in [5.74, 6) is 0.0417. The Morgan fingerprint density at radius 2 is 1.88 bits per heavy atom. The van der Waals surface area contributed by atoms with Crippen LogP contribution in [0.4, 0.5) is 8.78 Å². The molecule has 0 saturated carbocycles. The first-order valence-electron chi connectivity index (χ1n) is 7.60. The molecule has 0 spiro atoms. The summed E-state index contributed by atoms with van der Waals surface area (Å²) in [4.78, 5) is 13.2. The normalized spacial score (nSPS) is 11.9. The molecule has 2 aromatic carbocycles. The highest BCUT2D eigenvalue weighted by Crippen LogP contribution is 2.29. The van der Waals surface area contributed by atoms with Crippen molar-refractivity contribution in [2.75, 3.05) is 7.11 Å². The van der Waals surface area contributed by atoms with Crippen LogP contribution >= 0.6 is 11.8 Å². The van der Waals surface area contributed by atoms with Crippen molar-refractivity contribution < 1.29 is 23.0 Å². The Morgan fingerprint density at radius 1 is 1.16 bits per heavy atom. The number of amides is 1. The fraction of sp³-hybridized carbons (Fsp3) is 0.278. The predicted octanol–water partition coefficient (Wildman–Crippen LogP) is 4.09. The van der Waals surface area contributed by atoms with E-state index in [9.17, 15) is 13.6 Å². The number of thioether (sulfide) groups is 1. The maximum absolute atomic E-state index is 12.3. The first kappa shape index (κ1) is 19.1. The molecule has 1 amide bonds. The molecule has 2 rings (SSSR count). The van der Waals surface area contributed by atoms with Gasteiger partial charge in [0.25, 0.3) is 0 Å². The third-order valence-electron chi connectivity index (χ3n) is 3.34. The molecular weight excluding hydrogens is 348 g/mol. The molecule has 0 aromatic heterocycles. The van der Waals surface area contributed by atoms with Gasteiger partial charge in [-0.3, -0.25) is 4.79 Å². The number of hydrogen-bond donors (Lipinski definition) is 1. The van der Waals surface area contributed by atoms with Crippen molar-refractivity contribution in [2.45, 2.75) is 30.2 Å². The lowest BCUT2D eigenvalue weighted by atomic mass is 10.2. The monoisotopic (exact) mass is 367 g/mol. The maximum atomic E-state index is 12.3. The Bertz CT molecular complexity index is 698. The highest BCUT2D eigenvalue weighted by Gasteiger charge is 2.15. The highest BCUT2D eigenvalue weighted by atomic mass is 32.2. The number of carbonyl (C=O) groups excluding carboxylic acids is 1. The third-order valence-corrected chi connectivity index (χ3v) is 4.45. The molecule has 7 heteroatoms. The van der Waals surface area contributed by atoms with Gasteiger partial charge in [0.2, 0.25) is 5.91 Å². The summed E-state index contributed by atoms with van der Waals surface area (Å²) in [5, 5.41) is 2.57. The van der Waals surface area contributed by atoms with Gasteiger partial charge in [-0.1, -0.05) is 24.3 Å². The molecule has 0 aliphatic heterocycles. The lowest BCUT2D eigenvalue weighted by Crippen LogP contribution is -2.30. The van der Waals surface area contributed by atoms with Crippen LogP contribution in [0, 0.1) is 0 Å². The summed E-state index contributed by atoms with van der Waals surface area (Å²) in [6.07, 6.45) is 0. The van der Waals surface area contributed by atoms with E-state index in [1.807, 2.05) is 37.3 Å². The van der Waals surface area contributed by atoms with Gasteiger partial charge in [-0.2, -0.15) is 8.78 Å². The van der Waals surface area contributed by atoms with Crippen molar-refractivity contribution in [1.29, 1.82) is 0 Å². The number of alkyl halides is 2. The molecule has 0 aliphatic carbocycles. The Hall–Kier alpha value is -2.28. The molecule has 1 atom stereocenters. The number of benzene rings is 2. The van der Waals surface area contributed by atoms with E-state index in [1.54, 1.807) is 12.1 Å². The van der Waals surface area contributed by atoms with Crippen molar-refractivity contribution >= 4 is 17.7 Å². The molecule has 134 valence electrons. The molecule has 1 N–H and O–H groups in total. The van der Waals surface area contributed by atoms with Gasteiger partial charge in [-0.05, 0) is 36.8 Å². The molecule has 0 radical (unpaired) electrons. The summed E-state index contributed by atoms with van der Waals surface area (Å²) in [5.41, 5.74) is 0.726. The van der Waals surface area contributed by atoms with Crippen molar-refractivity contribution in [3.05, 3.63) is 54.1 Å². The first-order chi connectivity index (χ1) is 12.0. The molecule has 1 unspecified atom stereocenters. The van der Waals surface area contributed by atoms with Gasteiger partial charge >= 0.3 is 6.61 Å². The second-order valence-corrected chi connectivity index (χ2v) is 6.57. The van der Waals surface area contributed by atoms with Crippen molar-refractivity contribution in [2.24, 2.45) is 0 Å². The zero-order valence-electron chi connectivity index (χ0n) is 13.9. The smallest absolute Gasteiger partial charge is 0.387 e. The SMILES string of the molecule is COc1cc(CNC(=O)C(C)Sc2ccccc2)ccc1OC(F)F. The Balaban J connectivity index is 1.92. The van der Waals surface area contributed by atoms with Crippen LogP contribution in [0.1, 0.15) is 12.5 Å². The number of rotatable bonds is 8. The minimum Gasteiger partial charge on any atom is -0.493 e. The minimum atomic E-state index is -2.92. The van der Waals surface area contributed by atoms with Crippen LogP contribution in [0.25, 0.3) is 0 Å². The Morgan fingerprint density at radius 3 is 2.52 bits per heavy atom. The van der Waals surface area contributed by atoms with Crippen LogP contribution in [0.2, 0.25) is 0 Å². The second-order valence-electron chi connectivity index (χ2n) is 5.15. The lowest BCUT2D eigenvalue weighted by Gasteiger charge is -2.14. The highest BCUT2D eigenvalue weighted by molar-refractivity contribution is 8.00. The van der Waals surface area contributed by atoms with Gasteiger partial charge in [0.15, 0.2) is 11.5 Å². The Kier molecular flexibility index (Phi) is 7.06. The predicted molar refractivity (Wildman–Crippen MR) is 93.2 cm³/mol. The molecule has 4 nitrogen and oxygen atoms in total. The summed E-state index contributed by atoms with van der Waals surface area (Å²) in [7, 11) is 1.37. The molecule has 0 saturated heterocycles. The van der Waals surface area contributed by atoms with Crippen LogP contribution < -0.4 is 14.8 Å². The van der Waals surface area contributed by atoms with Crippen LogP contribution in [-0.4, -0.2) is 24.9 Å². The largest absolute Gasteiger partial charge is 0.493 e.